The predicted octanol–water partition coefficient (Wildman–Crippen LogP) is 8.37. The molecule has 3 heteroatoms. The van der Waals surface area contributed by atoms with Crippen LogP contribution in [0.25, 0.3) is 11.1 Å². The smallest absolute Gasteiger partial charge is 0.148 e. The molecule has 0 amide bonds. The molecular formula is C24H24Cl2O. The summed E-state index contributed by atoms with van der Waals surface area (Å²) in [5.74, 6) is 1.29. The van der Waals surface area contributed by atoms with Gasteiger partial charge >= 0.3 is 0 Å². The van der Waals surface area contributed by atoms with Crippen LogP contribution in [0.1, 0.15) is 37.5 Å². The van der Waals surface area contributed by atoms with E-state index in [0.29, 0.717) is 15.8 Å². The normalized spacial score (nSPS) is 11.5. The van der Waals surface area contributed by atoms with Gasteiger partial charge in [0.1, 0.15) is 16.5 Å². The van der Waals surface area contributed by atoms with Gasteiger partial charge in [0.15, 0.2) is 0 Å². The van der Waals surface area contributed by atoms with E-state index in [1.807, 2.05) is 24.3 Å². The third-order valence-corrected chi connectivity index (χ3v) is 5.28. The Morgan fingerprint density at radius 2 is 1.30 bits per heavy atom. The van der Waals surface area contributed by atoms with Gasteiger partial charge in [-0.1, -0.05) is 85.4 Å². The van der Waals surface area contributed by atoms with Crippen LogP contribution >= 0.6 is 23.2 Å². The molecule has 0 N–H and O–H groups in total. The third kappa shape index (κ3) is 4.66. The molecule has 0 aliphatic heterocycles. The van der Waals surface area contributed by atoms with Gasteiger partial charge in [0.05, 0.1) is 5.02 Å². The molecule has 0 saturated carbocycles. The lowest BCUT2D eigenvalue weighted by atomic mass is 9.87. The Bertz CT molecular complexity index is 947. The van der Waals surface area contributed by atoms with Crippen molar-refractivity contribution in [1.82, 2.24) is 0 Å². The maximum absolute atomic E-state index is 6.41. The summed E-state index contributed by atoms with van der Waals surface area (Å²) in [5.41, 5.74) is 5.84. The first-order valence-corrected chi connectivity index (χ1v) is 9.75. The van der Waals surface area contributed by atoms with Gasteiger partial charge < -0.3 is 4.74 Å². The molecule has 3 rings (SSSR count). The van der Waals surface area contributed by atoms with Crippen LogP contribution in [-0.4, -0.2) is 0 Å². The lowest BCUT2D eigenvalue weighted by Crippen LogP contribution is -2.10. The molecule has 3 aromatic carbocycles. The Labute approximate surface area is 171 Å². The van der Waals surface area contributed by atoms with Crippen LogP contribution in [0, 0.1) is 13.8 Å². The van der Waals surface area contributed by atoms with E-state index in [1.165, 1.54) is 16.7 Å². The lowest BCUT2D eigenvalue weighted by molar-refractivity contribution is 0.482. The first-order valence-electron chi connectivity index (χ1n) is 8.99. The molecule has 3 aromatic rings. The van der Waals surface area contributed by atoms with E-state index < -0.39 is 0 Å². The van der Waals surface area contributed by atoms with Gasteiger partial charge in [0, 0.05) is 0 Å². The van der Waals surface area contributed by atoms with Gasteiger partial charge in [-0.25, -0.2) is 0 Å². The number of ether oxygens (including phenoxy) is 1. The van der Waals surface area contributed by atoms with Crippen LogP contribution in [0.3, 0.4) is 0 Å². The summed E-state index contributed by atoms with van der Waals surface area (Å²) in [6, 6.07) is 18.3. The van der Waals surface area contributed by atoms with Crippen molar-refractivity contribution < 1.29 is 4.74 Å². The minimum atomic E-state index is 0.0996. The molecule has 0 aliphatic rings. The van der Waals surface area contributed by atoms with E-state index >= 15 is 0 Å². The number of aryl methyl sites for hydroxylation is 2. The average Bonchev–Trinajstić information content (AvgIpc) is 2.57. The van der Waals surface area contributed by atoms with Crippen LogP contribution in [0.15, 0.2) is 54.6 Å². The highest BCUT2D eigenvalue weighted by molar-refractivity contribution is 6.43. The number of halogens is 2. The monoisotopic (exact) mass is 398 g/mol. The Balaban J connectivity index is 1.97. The summed E-state index contributed by atoms with van der Waals surface area (Å²) in [5, 5.41) is 0.902. The van der Waals surface area contributed by atoms with E-state index in [1.54, 1.807) is 0 Å². The Morgan fingerprint density at radius 1 is 0.741 bits per heavy atom. The zero-order valence-electron chi connectivity index (χ0n) is 16.4. The molecule has 0 bridgehead atoms. The van der Waals surface area contributed by atoms with Crippen molar-refractivity contribution in [2.45, 2.75) is 40.0 Å². The van der Waals surface area contributed by atoms with Crippen molar-refractivity contribution in [2.75, 3.05) is 0 Å². The highest BCUT2D eigenvalue weighted by atomic mass is 35.5. The molecule has 0 fully saturated rings. The molecule has 27 heavy (non-hydrogen) atoms. The number of hydrogen-bond acceptors (Lipinski definition) is 1. The first kappa shape index (κ1) is 19.8. The van der Waals surface area contributed by atoms with Crippen LogP contribution < -0.4 is 4.74 Å². The summed E-state index contributed by atoms with van der Waals surface area (Å²) in [6.07, 6.45) is 0. The molecule has 0 atom stereocenters. The third-order valence-electron chi connectivity index (χ3n) is 4.50. The van der Waals surface area contributed by atoms with Gasteiger partial charge in [-0.05, 0) is 60.2 Å². The topological polar surface area (TPSA) is 9.23 Å². The SMILES string of the molecule is Cc1cc(C)cc(-c2cc(Cl)c(Cl)c(Oc3ccc(C(C)(C)C)cc3)c2)c1. The van der Waals surface area contributed by atoms with Gasteiger partial charge in [-0.3, -0.25) is 0 Å². The Hall–Kier alpha value is -1.96. The fourth-order valence-corrected chi connectivity index (χ4v) is 3.45. The van der Waals surface area contributed by atoms with Crippen molar-refractivity contribution in [2.24, 2.45) is 0 Å². The van der Waals surface area contributed by atoms with E-state index in [2.05, 4.69) is 65.0 Å². The average molecular weight is 399 g/mol. The summed E-state index contributed by atoms with van der Waals surface area (Å²) >= 11 is 12.8. The molecule has 0 aromatic heterocycles. The second kappa shape index (κ2) is 7.58. The maximum Gasteiger partial charge on any atom is 0.148 e. The molecule has 0 radical (unpaired) electrons. The van der Waals surface area contributed by atoms with Gasteiger partial charge in [0.2, 0.25) is 0 Å². The maximum atomic E-state index is 6.41. The minimum Gasteiger partial charge on any atom is -0.456 e. The number of rotatable bonds is 3. The molecular weight excluding hydrogens is 375 g/mol. The van der Waals surface area contributed by atoms with Gasteiger partial charge in [-0.15, -0.1) is 0 Å². The van der Waals surface area contributed by atoms with E-state index in [-0.39, 0.29) is 5.41 Å². The molecule has 0 saturated heterocycles. The molecule has 0 aliphatic carbocycles. The fourth-order valence-electron chi connectivity index (χ4n) is 3.10. The Kier molecular flexibility index (Phi) is 5.55. The van der Waals surface area contributed by atoms with Crippen molar-refractivity contribution in [1.29, 1.82) is 0 Å². The standard InChI is InChI=1S/C24H24Cl2O/c1-15-10-16(2)12-17(11-15)18-13-21(25)23(26)22(14-18)27-20-8-6-19(7-9-20)24(3,4)5/h6-14H,1-5H3. The second-order valence-electron chi connectivity index (χ2n) is 8.02. The van der Waals surface area contributed by atoms with Crippen LogP contribution in [0.5, 0.6) is 11.5 Å². The molecule has 0 heterocycles. The van der Waals surface area contributed by atoms with Crippen molar-refractivity contribution in [3.63, 3.8) is 0 Å². The quantitative estimate of drug-likeness (QED) is 0.430. The largest absolute Gasteiger partial charge is 0.456 e. The zero-order valence-corrected chi connectivity index (χ0v) is 17.9. The van der Waals surface area contributed by atoms with E-state index in [0.717, 1.165) is 16.9 Å². The first-order chi connectivity index (χ1) is 12.6. The summed E-state index contributed by atoms with van der Waals surface area (Å²) in [7, 11) is 0. The van der Waals surface area contributed by atoms with Gasteiger partial charge in [0.25, 0.3) is 0 Å². The van der Waals surface area contributed by atoms with Gasteiger partial charge in [-0.2, -0.15) is 0 Å². The summed E-state index contributed by atoms with van der Waals surface area (Å²) in [4.78, 5) is 0. The fraction of sp³-hybridized carbons (Fsp3) is 0.250. The zero-order chi connectivity index (χ0) is 19.8. The molecule has 140 valence electrons. The highest BCUT2D eigenvalue weighted by Gasteiger charge is 2.15. The number of benzene rings is 3. The predicted molar refractivity (Wildman–Crippen MR) is 117 cm³/mol. The van der Waals surface area contributed by atoms with Crippen molar-refractivity contribution in [3.05, 3.63) is 81.3 Å². The van der Waals surface area contributed by atoms with E-state index in [9.17, 15) is 0 Å². The van der Waals surface area contributed by atoms with Crippen molar-refractivity contribution in [3.8, 4) is 22.6 Å². The summed E-state index contributed by atoms with van der Waals surface area (Å²) in [6.45, 7) is 10.7. The van der Waals surface area contributed by atoms with Crippen LogP contribution in [-0.2, 0) is 5.41 Å². The van der Waals surface area contributed by atoms with Crippen LogP contribution in [0.2, 0.25) is 10.0 Å². The molecule has 1 nitrogen and oxygen atoms in total. The second-order valence-corrected chi connectivity index (χ2v) is 8.81. The molecule has 0 spiro atoms. The van der Waals surface area contributed by atoms with Crippen LogP contribution in [0.4, 0.5) is 0 Å². The number of hydrogen-bond donors (Lipinski definition) is 0. The lowest BCUT2D eigenvalue weighted by Gasteiger charge is -2.19. The minimum absolute atomic E-state index is 0.0996. The van der Waals surface area contributed by atoms with E-state index in [4.69, 9.17) is 27.9 Å². The highest BCUT2D eigenvalue weighted by Crippen LogP contribution is 2.39. The molecule has 0 unspecified atom stereocenters. The van der Waals surface area contributed by atoms with Crippen molar-refractivity contribution >= 4 is 23.2 Å². The Morgan fingerprint density at radius 3 is 1.85 bits per heavy atom. The summed E-state index contributed by atoms with van der Waals surface area (Å²) < 4.78 is 6.06.